The van der Waals surface area contributed by atoms with Gasteiger partial charge in [-0.3, -0.25) is 15.4 Å². The van der Waals surface area contributed by atoms with Crippen LogP contribution in [0.2, 0.25) is 0 Å². The summed E-state index contributed by atoms with van der Waals surface area (Å²) in [6.45, 7) is 7.14. The number of aromatic nitrogens is 2. The van der Waals surface area contributed by atoms with Gasteiger partial charge in [0.25, 0.3) is 5.56 Å². The standard InChI is InChI=1S/C18H22F2N6O3/c1-18(2,3)26-13-8(15(27)9-16(28)24-29-17(9)26)12(23-21)10(19)14(11(13)20)25-6-4-22-5-7-25/h22-23H,4-7,21H2,1-3H3,(H,24,28). The highest BCUT2D eigenvalue weighted by molar-refractivity contribution is 6.01. The number of pyridine rings is 1. The van der Waals surface area contributed by atoms with Gasteiger partial charge in [0.2, 0.25) is 11.1 Å². The molecule has 0 unspecified atom stereocenters. The van der Waals surface area contributed by atoms with E-state index in [2.05, 4.69) is 15.9 Å². The number of nitrogens with zero attached hydrogens (tertiary/aromatic N) is 2. The predicted octanol–water partition coefficient (Wildman–Crippen LogP) is 1.16. The molecule has 1 fully saturated rings. The molecule has 156 valence electrons. The number of piperazine rings is 1. The third-order valence-corrected chi connectivity index (χ3v) is 5.14. The lowest BCUT2D eigenvalue weighted by atomic mass is 10.0. The van der Waals surface area contributed by atoms with Crippen molar-refractivity contribution in [3.05, 3.63) is 32.2 Å². The van der Waals surface area contributed by atoms with Crippen LogP contribution in [-0.2, 0) is 5.54 Å². The molecule has 0 saturated carbocycles. The van der Waals surface area contributed by atoms with Crippen molar-refractivity contribution >= 4 is 33.4 Å². The summed E-state index contributed by atoms with van der Waals surface area (Å²) in [6.07, 6.45) is 0. The summed E-state index contributed by atoms with van der Waals surface area (Å²) < 4.78 is 37.9. The fourth-order valence-electron chi connectivity index (χ4n) is 3.92. The van der Waals surface area contributed by atoms with Gasteiger partial charge in [-0.15, -0.1) is 0 Å². The Kier molecular flexibility index (Phi) is 4.39. The zero-order chi connectivity index (χ0) is 21.1. The summed E-state index contributed by atoms with van der Waals surface area (Å²) in [5, 5.41) is 4.58. The minimum atomic E-state index is -0.976. The first-order chi connectivity index (χ1) is 13.7. The molecule has 1 saturated heterocycles. The fraction of sp³-hybridized carbons (Fsp3) is 0.444. The molecule has 0 amide bonds. The highest BCUT2D eigenvalue weighted by Gasteiger charge is 2.33. The van der Waals surface area contributed by atoms with Gasteiger partial charge in [-0.2, -0.15) is 5.16 Å². The number of fused-ring (bicyclic) bond motifs is 2. The SMILES string of the molecule is CC(C)(C)n1c2o[nH]c(=O)c2c(=O)c2c(NN)c(F)c(N3CCNCC3)c(F)c21. The second-order valence-corrected chi connectivity index (χ2v) is 8.01. The molecule has 1 aliphatic rings. The van der Waals surface area contributed by atoms with E-state index in [1.807, 2.05) is 0 Å². The number of anilines is 2. The van der Waals surface area contributed by atoms with E-state index >= 15 is 8.78 Å². The van der Waals surface area contributed by atoms with Gasteiger partial charge >= 0.3 is 0 Å². The Morgan fingerprint density at radius 2 is 1.76 bits per heavy atom. The maximum absolute atomic E-state index is 15.9. The van der Waals surface area contributed by atoms with Gasteiger partial charge in [-0.05, 0) is 20.8 Å². The van der Waals surface area contributed by atoms with E-state index in [1.165, 1.54) is 4.57 Å². The number of nitrogens with one attached hydrogen (secondary N) is 3. The lowest BCUT2D eigenvalue weighted by molar-refractivity contribution is 0.364. The number of rotatable bonds is 2. The molecule has 29 heavy (non-hydrogen) atoms. The average molecular weight is 408 g/mol. The lowest BCUT2D eigenvalue weighted by Crippen LogP contribution is -2.44. The summed E-state index contributed by atoms with van der Waals surface area (Å²) in [5.74, 6) is 3.67. The third kappa shape index (κ3) is 2.72. The number of H-pyrrole nitrogens is 1. The zero-order valence-corrected chi connectivity index (χ0v) is 16.3. The van der Waals surface area contributed by atoms with Gasteiger partial charge in [-0.25, -0.2) is 8.78 Å². The number of hydrogen-bond acceptors (Lipinski definition) is 7. The van der Waals surface area contributed by atoms with E-state index in [-0.39, 0.29) is 33.4 Å². The van der Waals surface area contributed by atoms with Gasteiger partial charge in [0.05, 0.1) is 10.9 Å². The van der Waals surface area contributed by atoms with Crippen molar-refractivity contribution < 1.29 is 13.3 Å². The molecule has 0 atom stereocenters. The number of hydrogen-bond donors (Lipinski definition) is 4. The molecule has 1 aromatic carbocycles. The normalized spacial score (nSPS) is 15.4. The van der Waals surface area contributed by atoms with Crippen molar-refractivity contribution in [3.63, 3.8) is 0 Å². The topological polar surface area (TPSA) is 121 Å². The quantitative estimate of drug-likeness (QED) is 0.371. The smallest absolute Gasteiger partial charge is 0.293 e. The van der Waals surface area contributed by atoms with E-state index in [1.54, 1.807) is 25.7 Å². The van der Waals surface area contributed by atoms with Crippen molar-refractivity contribution in [2.24, 2.45) is 5.84 Å². The van der Waals surface area contributed by atoms with Crippen LogP contribution in [0.5, 0.6) is 0 Å². The lowest BCUT2D eigenvalue weighted by Gasteiger charge is -2.32. The number of nitrogens with two attached hydrogens (primary N) is 1. The van der Waals surface area contributed by atoms with E-state index in [9.17, 15) is 9.59 Å². The average Bonchev–Trinajstić information content (AvgIpc) is 3.04. The molecule has 3 aromatic rings. The Bertz CT molecular complexity index is 1230. The summed E-state index contributed by atoms with van der Waals surface area (Å²) in [5.41, 5.74) is -1.18. The van der Waals surface area contributed by atoms with Gasteiger partial charge in [0, 0.05) is 31.7 Å². The maximum atomic E-state index is 15.9. The Morgan fingerprint density at radius 1 is 1.10 bits per heavy atom. The van der Waals surface area contributed by atoms with Crippen LogP contribution in [-0.4, -0.2) is 35.9 Å². The van der Waals surface area contributed by atoms with Crippen molar-refractivity contribution in [2.75, 3.05) is 36.5 Å². The Labute approximate surface area is 163 Å². The minimum absolute atomic E-state index is 0.111. The van der Waals surface area contributed by atoms with Gasteiger partial charge < -0.3 is 24.7 Å². The van der Waals surface area contributed by atoms with Crippen LogP contribution < -0.4 is 32.5 Å². The summed E-state index contributed by atoms with van der Waals surface area (Å²) in [7, 11) is 0. The molecule has 0 spiro atoms. The first-order valence-electron chi connectivity index (χ1n) is 9.22. The summed E-state index contributed by atoms with van der Waals surface area (Å²) >= 11 is 0. The van der Waals surface area contributed by atoms with Crippen LogP contribution in [0.1, 0.15) is 20.8 Å². The number of hydrazine groups is 1. The van der Waals surface area contributed by atoms with E-state index < -0.39 is 28.2 Å². The Hall–Kier alpha value is -2.92. The van der Waals surface area contributed by atoms with Crippen molar-refractivity contribution in [1.29, 1.82) is 0 Å². The Morgan fingerprint density at radius 3 is 2.34 bits per heavy atom. The van der Waals surface area contributed by atoms with E-state index in [0.29, 0.717) is 26.2 Å². The summed E-state index contributed by atoms with van der Waals surface area (Å²) in [6, 6.07) is 0. The first-order valence-corrected chi connectivity index (χ1v) is 9.22. The molecule has 11 heteroatoms. The number of benzene rings is 1. The highest BCUT2D eigenvalue weighted by atomic mass is 19.1. The second kappa shape index (κ2) is 6.56. The molecule has 3 heterocycles. The molecule has 1 aliphatic heterocycles. The highest BCUT2D eigenvalue weighted by Crippen LogP contribution is 2.39. The van der Waals surface area contributed by atoms with Crippen molar-refractivity contribution in [1.82, 2.24) is 15.0 Å². The molecule has 0 radical (unpaired) electrons. The van der Waals surface area contributed by atoms with Crippen LogP contribution in [0.15, 0.2) is 14.1 Å². The molecule has 9 nitrogen and oxygen atoms in total. The number of aromatic amines is 1. The molecule has 2 aromatic heterocycles. The Balaban J connectivity index is 2.29. The number of nitrogen functional groups attached to an aromatic ring is 1. The minimum Gasteiger partial charge on any atom is -0.364 e. The van der Waals surface area contributed by atoms with Crippen LogP contribution in [0.25, 0.3) is 22.0 Å². The predicted molar refractivity (Wildman–Crippen MR) is 106 cm³/mol. The molecule has 5 N–H and O–H groups in total. The fourth-order valence-corrected chi connectivity index (χ4v) is 3.92. The number of halogens is 2. The molecular weight excluding hydrogens is 386 g/mol. The van der Waals surface area contributed by atoms with Crippen LogP contribution in [0, 0.1) is 11.6 Å². The third-order valence-electron chi connectivity index (χ3n) is 5.14. The van der Waals surface area contributed by atoms with Gasteiger partial charge in [0.1, 0.15) is 11.4 Å². The molecule has 0 aliphatic carbocycles. The molecule has 0 bridgehead atoms. The van der Waals surface area contributed by atoms with Crippen molar-refractivity contribution in [2.45, 2.75) is 26.3 Å². The van der Waals surface area contributed by atoms with Gasteiger partial charge in [0.15, 0.2) is 17.0 Å². The van der Waals surface area contributed by atoms with Crippen LogP contribution in [0.4, 0.5) is 20.2 Å². The van der Waals surface area contributed by atoms with E-state index in [0.717, 1.165) is 0 Å². The van der Waals surface area contributed by atoms with Crippen molar-refractivity contribution in [3.8, 4) is 0 Å². The van der Waals surface area contributed by atoms with E-state index in [4.69, 9.17) is 10.4 Å². The molecular formula is C18H22F2N6O3. The molecule has 4 rings (SSSR count). The largest absolute Gasteiger partial charge is 0.364 e. The zero-order valence-electron chi connectivity index (χ0n) is 16.3. The van der Waals surface area contributed by atoms with Gasteiger partial charge in [-0.1, -0.05) is 0 Å². The van der Waals surface area contributed by atoms with Crippen LogP contribution >= 0.6 is 0 Å². The second-order valence-electron chi connectivity index (χ2n) is 8.01. The monoisotopic (exact) mass is 408 g/mol. The van der Waals surface area contributed by atoms with Crippen LogP contribution in [0.3, 0.4) is 0 Å². The summed E-state index contributed by atoms with van der Waals surface area (Å²) in [4.78, 5) is 26.8. The first kappa shape index (κ1) is 19.4. The maximum Gasteiger partial charge on any atom is 0.293 e.